The molecule has 0 radical (unpaired) electrons. The molecule has 0 saturated carbocycles. The lowest BCUT2D eigenvalue weighted by molar-refractivity contribution is -0.140. The molecule has 0 saturated heterocycles. The number of nitrogens with two attached hydrogens (primary N) is 1. The Kier molecular flexibility index (Phi) is 3.51. The molecule has 0 aliphatic rings. The van der Waals surface area contributed by atoms with Crippen LogP contribution in [0.5, 0.6) is 0 Å². The average Bonchev–Trinajstić information content (AvgIpc) is 2.19. The Hall–Kier alpha value is -1.51. The quantitative estimate of drug-likeness (QED) is 0.587. The molecule has 0 aromatic heterocycles. The van der Waals surface area contributed by atoms with Crippen molar-refractivity contribution >= 4 is 11.7 Å². The topological polar surface area (TPSA) is 52.3 Å². The van der Waals surface area contributed by atoms with Crippen molar-refractivity contribution in [2.75, 3.05) is 12.8 Å². The summed E-state index contributed by atoms with van der Waals surface area (Å²) < 4.78 is 4.56. The van der Waals surface area contributed by atoms with Gasteiger partial charge < -0.3 is 10.5 Å². The van der Waals surface area contributed by atoms with Gasteiger partial charge in [-0.15, -0.1) is 0 Å². The SMILES string of the molecule is COC(=O)CCc1cc(C)ccc1N. The molecule has 1 aromatic carbocycles. The minimum absolute atomic E-state index is 0.203. The highest BCUT2D eigenvalue weighted by Crippen LogP contribution is 2.15. The van der Waals surface area contributed by atoms with E-state index in [1.807, 2.05) is 25.1 Å². The Bertz CT molecular complexity index is 334. The van der Waals surface area contributed by atoms with Crippen molar-refractivity contribution in [2.45, 2.75) is 19.8 Å². The molecule has 1 aromatic rings. The summed E-state index contributed by atoms with van der Waals surface area (Å²) in [6, 6.07) is 5.82. The van der Waals surface area contributed by atoms with E-state index in [9.17, 15) is 4.79 Å². The molecule has 0 unspecified atom stereocenters. The first kappa shape index (κ1) is 10.6. The molecule has 0 spiro atoms. The minimum atomic E-state index is -0.203. The number of carbonyl (C=O) groups excluding carboxylic acids is 1. The number of aryl methyl sites for hydroxylation is 2. The Morgan fingerprint density at radius 3 is 2.86 bits per heavy atom. The molecule has 3 nitrogen and oxygen atoms in total. The molecule has 2 N–H and O–H groups in total. The van der Waals surface area contributed by atoms with Gasteiger partial charge >= 0.3 is 5.97 Å². The molecular formula is C11H15NO2. The van der Waals surface area contributed by atoms with Gasteiger partial charge in [0.05, 0.1) is 7.11 Å². The van der Waals surface area contributed by atoms with Crippen LogP contribution in [0.3, 0.4) is 0 Å². The number of esters is 1. The fourth-order valence-corrected chi connectivity index (χ4v) is 1.29. The van der Waals surface area contributed by atoms with Crippen molar-refractivity contribution in [1.82, 2.24) is 0 Å². The number of ether oxygens (including phenoxy) is 1. The molecule has 76 valence electrons. The summed E-state index contributed by atoms with van der Waals surface area (Å²) in [5.74, 6) is -0.203. The number of nitrogen functional groups attached to an aromatic ring is 1. The zero-order valence-corrected chi connectivity index (χ0v) is 8.54. The molecule has 14 heavy (non-hydrogen) atoms. The van der Waals surface area contributed by atoms with Gasteiger partial charge in [0.25, 0.3) is 0 Å². The van der Waals surface area contributed by atoms with E-state index >= 15 is 0 Å². The van der Waals surface area contributed by atoms with Gasteiger partial charge in [-0.05, 0) is 25.0 Å². The Morgan fingerprint density at radius 2 is 2.21 bits per heavy atom. The van der Waals surface area contributed by atoms with Gasteiger partial charge in [0.1, 0.15) is 0 Å². The largest absolute Gasteiger partial charge is 0.469 e. The van der Waals surface area contributed by atoms with Crippen LogP contribution in [0.15, 0.2) is 18.2 Å². The lowest BCUT2D eigenvalue weighted by Gasteiger charge is -2.05. The van der Waals surface area contributed by atoms with Gasteiger partial charge in [-0.1, -0.05) is 17.7 Å². The Labute approximate surface area is 83.9 Å². The molecule has 0 aliphatic heterocycles. The molecule has 3 heteroatoms. The summed E-state index contributed by atoms with van der Waals surface area (Å²) in [5, 5.41) is 0. The summed E-state index contributed by atoms with van der Waals surface area (Å²) in [7, 11) is 1.39. The van der Waals surface area contributed by atoms with Gasteiger partial charge in [0.2, 0.25) is 0 Å². The van der Waals surface area contributed by atoms with E-state index in [4.69, 9.17) is 5.73 Å². The first-order chi connectivity index (χ1) is 6.63. The second kappa shape index (κ2) is 4.65. The van der Waals surface area contributed by atoms with Crippen molar-refractivity contribution < 1.29 is 9.53 Å². The molecular weight excluding hydrogens is 178 g/mol. The summed E-state index contributed by atoms with van der Waals surface area (Å²) in [6.07, 6.45) is 1.02. The Morgan fingerprint density at radius 1 is 1.50 bits per heavy atom. The smallest absolute Gasteiger partial charge is 0.305 e. The lowest BCUT2D eigenvalue weighted by Crippen LogP contribution is -2.03. The van der Waals surface area contributed by atoms with Gasteiger partial charge in [-0.3, -0.25) is 4.79 Å². The standard InChI is InChI=1S/C11H15NO2/c1-8-3-5-10(12)9(7-8)4-6-11(13)14-2/h3,5,7H,4,6,12H2,1-2H3. The maximum Gasteiger partial charge on any atom is 0.305 e. The van der Waals surface area contributed by atoms with Crippen molar-refractivity contribution in [3.8, 4) is 0 Å². The highest BCUT2D eigenvalue weighted by molar-refractivity contribution is 5.70. The monoisotopic (exact) mass is 193 g/mol. The number of hydrogen-bond acceptors (Lipinski definition) is 3. The van der Waals surface area contributed by atoms with Crippen LogP contribution < -0.4 is 5.73 Å². The summed E-state index contributed by atoms with van der Waals surface area (Å²) in [5.41, 5.74) is 8.66. The number of carbonyl (C=O) groups is 1. The number of methoxy groups -OCH3 is 1. The second-order valence-corrected chi connectivity index (χ2v) is 3.28. The number of benzene rings is 1. The first-order valence-electron chi connectivity index (χ1n) is 4.55. The second-order valence-electron chi connectivity index (χ2n) is 3.28. The molecule has 0 aliphatic carbocycles. The maximum absolute atomic E-state index is 10.9. The molecule has 0 fully saturated rings. The number of hydrogen-bond donors (Lipinski definition) is 1. The predicted octanol–water partition coefficient (Wildman–Crippen LogP) is 1.68. The highest BCUT2D eigenvalue weighted by atomic mass is 16.5. The number of rotatable bonds is 3. The maximum atomic E-state index is 10.9. The molecule has 0 bridgehead atoms. The summed E-state index contributed by atoms with van der Waals surface area (Å²) in [6.45, 7) is 2.00. The third kappa shape index (κ3) is 2.76. The van der Waals surface area contributed by atoms with Crippen LogP contribution in [0, 0.1) is 6.92 Å². The lowest BCUT2D eigenvalue weighted by atomic mass is 10.1. The van der Waals surface area contributed by atoms with Crippen LogP contribution in [-0.4, -0.2) is 13.1 Å². The third-order valence-corrected chi connectivity index (χ3v) is 2.12. The van der Waals surface area contributed by atoms with Crippen LogP contribution in [0.2, 0.25) is 0 Å². The van der Waals surface area contributed by atoms with Gasteiger partial charge in [0, 0.05) is 12.1 Å². The fourth-order valence-electron chi connectivity index (χ4n) is 1.29. The fraction of sp³-hybridized carbons (Fsp3) is 0.364. The van der Waals surface area contributed by atoms with Crippen molar-refractivity contribution in [2.24, 2.45) is 0 Å². The van der Waals surface area contributed by atoms with E-state index in [2.05, 4.69) is 4.74 Å². The predicted molar refractivity (Wildman–Crippen MR) is 55.9 cm³/mol. The van der Waals surface area contributed by atoms with E-state index in [0.29, 0.717) is 12.8 Å². The third-order valence-electron chi connectivity index (χ3n) is 2.12. The molecule has 0 heterocycles. The van der Waals surface area contributed by atoms with Gasteiger partial charge in [-0.2, -0.15) is 0 Å². The van der Waals surface area contributed by atoms with E-state index < -0.39 is 0 Å². The first-order valence-corrected chi connectivity index (χ1v) is 4.55. The normalized spacial score (nSPS) is 9.86. The van der Waals surface area contributed by atoms with E-state index in [-0.39, 0.29) is 5.97 Å². The van der Waals surface area contributed by atoms with Gasteiger partial charge in [0.15, 0.2) is 0 Å². The van der Waals surface area contributed by atoms with Crippen LogP contribution >= 0.6 is 0 Å². The minimum Gasteiger partial charge on any atom is -0.469 e. The Balaban J connectivity index is 2.66. The molecule has 0 atom stereocenters. The van der Waals surface area contributed by atoms with Crippen LogP contribution in [-0.2, 0) is 16.0 Å². The summed E-state index contributed by atoms with van der Waals surface area (Å²) >= 11 is 0. The van der Waals surface area contributed by atoms with Crippen LogP contribution in [0.4, 0.5) is 5.69 Å². The van der Waals surface area contributed by atoms with Crippen molar-refractivity contribution in [3.05, 3.63) is 29.3 Å². The van der Waals surface area contributed by atoms with Crippen molar-refractivity contribution in [1.29, 1.82) is 0 Å². The highest BCUT2D eigenvalue weighted by Gasteiger charge is 2.04. The van der Waals surface area contributed by atoms with E-state index in [0.717, 1.165) is 16.8 Å². The van der Waals surface area contributed by atoms with E-state index in [1.54, 1.807) is 0 Å². The zero-order chi connectivity index (χ0) is 10.6. The number of anilines is 1. The van der Waals surface area contributed by atoms with Crippen LogP contribution in [0.25, 0.3) is 0 Å². The average molecular weight is 193 g/mol. The zero-order valence-electron chi connectivity index (χ0n) is 8.54. The van der Waals surface area contributed by atoms with Gasteiger partial charge in [-0.25, -0.2) is 0 Å². The molecule has 1 rings (SSSR count). The van der Waals surface area contributed by atoms with Crippen molar-refractivity contribution in [3.63, 3.8) is 0 Å². The molecule has 0 amide bonds. The van der Waals surface area contributed by atoms with E-state index in [1.165, 1.54) is 7.11 Å². The van der Waals surface area contributed by atoms with Crippen LogP contribution in [0.1, 0.15) is 17.5 Å². The summed E-state index contributed by atoms with van der Waals surface area (Å²) in [4.78, 5) is 10.9.